The van der Waals surface area contributed by atoms with Crippen molar-refractivity contribution < 1.29 is 9.47 Å². The minimum absolute atomic E-state index is 0. The molecule has 0 atom stereocenters. The van der Waals surface area contributed by atoms with Gasteiger partial charge in [-0.1, -0.05) is 23.8 Å². The molecule has 1 aromatic heterocycles. The Kier molecular flexibility index (Phi) is 9.16. The number of aliphatic imine (C=N–C) groups is 1. The molecule has 6 nitrogen and oxygen atoms in total. The van der Waals surface area contributed by atoms with Crippen LogP contribution in [-0.2, 0) is 16.7 Å². The summed E-state index contributed by atoms with van der Waals surface area (Å²) >= 11 is 0. The molecule has 2 heterocycles. The van der Waals surface area contributed by atoms with E-state index in [2.05, 4.69) is 45.7 Å². The predicted octanol–water partition coefficient (Wildman–Crippen LogP) is 3.43. The van der Waals surface area contributed by atoms with Crippen molar-refractivity contribution in [3.05, 3.63) is 59.4 Å². The molecule has 1 aliphatic rings. The van der Waals surface area contributed by atoms with E-state index in [1.165, 1.54) is 11.1 Å². The number of pyridine rings is 1. The summed E-state index contributed by atoms with van der Waals surface area (Å²) in [5.41, 5.74) is 3.40. The lowest BCUT2D eigenvalue weighted by Crippen LogP contribution is -2.48. The SMILES string of the molecule is CN=C(NCc1ccccn1)NCC1(c2cc(C)ccc2OC)CCOCC1.I. The number of guanidine groups is 1. The van der Waals surface area contributed by atoms with Crippen LogP contribution in [0.3, 0.4) is 0 Å². The van der Waals surface area contributed by atoms with Crippen molar-refractivity contribution >= 4 is 29.9 Å². The normalized spacial score (nSPS) is 15.9. The smallest absolute Gasteiger partial charge is 0.191 e. The molecule has 0 radical (unpaired) electrons. The van der Waals surface area contributed by atoms with Gasteiger partial charge in [0.25, 0.3) is 0 Å². The Labute approximate surface area is 190 Å². The molecular formula is C22H31IN4O2. The highest BCUT2D eigenvalue weighted by atomic mass is 127. The van der Waals surface area contributed by atoms with Crippen LogP contribution in [0, 0.1) is 6.92 Å². The number of hydrogen-bond acceptors (Lipinski definition) is 4. The van der Waals surface area contributed by atoms with E-state index in [1.807, 2.05) is 18.2 Å². The highest BCUT2D eigenvalue weighted by Gasteiger charge is 2.37. The maximum absolute atomic E-state index is 5.69. The van der Waals surface area contributed by atoms with E-state index in [4.69, 9.17) is 9.47 Å². The molecule has 0 spiro atoms. The monoisotopic (exact) mass is 510 g/mol. The fraction of sp³-hybridized carbons (Fsp3) is 0.455. The molecule has 1 aliphatic heterocycles. The summed E-state index contributed by atoms with van der Waals surface area (Å²) in [6.07, 6.45) is 3.68. The second kappa shape index (κ2) is 11.3. The summed E-state index contributed by atoms with van der Waals surface area (Å²) < 4.78 is 11.4. The molecule has 1 saturated heterocycles. The van der Waals surface area contributed by atoms with Gasteiger partial charge in [-0.3, -0.25) is 9.98 Å². The van der Waals surface area contributed by atoms with Crippen molar-refractivity contribution in [3.63, 3.8) is 0 Å². The zero-order chi connectivity index (χ0) is 19.8. The van der Waals surface area contributed by atoms with Crippen LogP contribution in [0.15, 0.2) is 47.6 Å². The van der Waals surface area contributed by atoms with Crippen LogP contribution >= 0.6 is 24.0 Å². The summed E-state index contributed by atoms with van der Waals surface area (Å²) in [4.78, 5) is 8.73. The van der Waals surface area contributed by atoms with Crippen molar-refractivity contribution in [3.8, 4) is 5.75 Å². The molecule has 0 amide bonds. The van der Waals surface area contributed by atoms with Crippen LogP contribution in [0.1, 0.15) is 29.7 Å². The number of benzene rings is 1. The Morgan fingerprint density at radius 2 is 2.00 bits per heavy atom. The zero-order valence-electron chi connectivity index (χ0n) is 17.4. The van der Waals surface area contributed by atoms with Gasteiger partial charge in [-0.15, -0.1) is 24.0 Å². The number of methoxy groups -OCH3 is 1. The first-order valence-electron chi connectivity index (χ1n) is 9.74. The van der Waals surface area contributed by atoms with Gasteiger partial charge in [0, 0.05) is 44.0 Å². The largest absolute Gasteiger partial charge is 0.496 e. The Bertz CT molecular complexity index is 793. The lowest BCUT2D eigenvalue weighted by molar-refractivity contribution is 0.0505. The Hall–Kier alpha value is -1.87. The lowest BCUT2D eigenvalue weighted by Gasteiger charge is -2.39. The highest BCUT2D eigenvalue weighted by Crippen LogP contribution is 2.40. The number of hydrogen-bond donors (Lipinski definition) is 2. The molecule has 0 unspecified atom stereocenters. The maximum atomic E-state index is 5.69. The topological polar surface area (TPSA) is 67.8 Å². The van der Waals surface area contributed by atoms with Crippen LogP contribution in [-0.4, -0.2) is 44.9 Å². The van der Waals surface area contributed by atoms with Gasteiger partial charge in [0.2, 0.25) is 0 Å². The van der Waals surface area contributed by atoms with Gasteiger partial charge in [0.05, 0.1) is 19.3 Å². The molecule has 7 heteroatoms. The number of aromatic nitrogens is 1. The van der Waals surface area contributed by atoms with Gasteiger partial charge < -0.3 is 20.1 Å². The molecule has 158 valence electrons. The third-order valence-electron chi connectivity index (χ3n) is 5.36. The van der Waals surface area contributed by atoms with Crippen LogP contribution in [0.2, 0.25) is 0 Å². The first-order chi connectivity index (χ1) is 13.7. The summed E-state index contributed by atoms with van der Waals surface area (Å²) in [6, 6.07) is 12.3. The van der Waals surface area contributed by atoms with Gasteiger partial charge in [0.1, 0.15) is 5.75 Å². The fourth-order valence-electron chi connectivity index (χ4n) is 3.69. The van der Waals surface area contributed by atoms with Crippen molar-refractivity contribution in [1.82, 2.24) is 15.6 Å². The van der Waals surface area contributed by atoms with E-state index in [1.54, 1.807) is 20.4 Å². The number of rotatable bonds is 6. The van der Waals surface area contributed by atoms with Gasteiger partial charge in [-0.25, -0.2) is 0 Å². The van der Waals surface area contributed by atoms with Crippen LogP contribution in [0.4, 0.5) is 0 Å². The average molecular weight is 510 g/mol. The van der Waals surface area contributed by atoms with E-state index >= 15 is 0 Å². The van der Waals surface area contributed by atoms with E-state index < -0.39 is 0 Å². The fourth-order valence-corrected chi connectivity index (χ4v) is 3.69. The summed E-state index contributed by atoms with van der Waals surface area (Å²) in [5.74, 6) is 1.70. The van der Waals surface area contributed by atoms with Gasteiger partial charge in [0.15, 0.2) is 5.96 Å². The van der Waals surface area contributed by atoms with Gasteiger partial charge in [-0.05, 0) is 38.0 Å². The molecule has 29 heavy (non-hydrogen) atoms. The summed E-state index contributed by atoms with van der Waals surface area (Å²) in [7, 11) is 3.53. The minimum atomic E-state index is -0.0573. The maximum Gasteiger partial charge on any atom is 0.191 e. The third-order valence-corrected chi connectivity index (χ3v) is 5.36. The summed E-state index contributed by atoms with van der Waals surface area (Å²) in [6.45, 7) is 5.01. The number of nitrogens with one attached hydrogen (secondary N) is 2. The number of nitrogens with zero attached hydrogens (tertiary/aromatic N) is 2. The molecule has 1 fully saturated rings. The third kappa shape index (κ3) is 6.05. The van der Waals surface area contributed by atoms with Crippen molar-refractivity contribution in [2.45, 2.75) is 31.7 Å². The van der Waals surface area contributed by atoms with Gasteiger partial charge in [-0.2, -0.15) is 0 Å². The number of halogens is 1. The molecule has 0 bridgehead atoms. The summed E-state index contributed by atoms with van der Waals surface area (Å²) in [5, 5.41) is 6.87. The van der Waals surface area contributed by atoms with Crippen LogP contribution in [0.5, 0.6) is 5.75 Å². The van der Waals surface area contributed by atoms with Crippen LogP contribution in [0.25, 0.3) is 0 Å². The molecule has 0 saturated carbocycles. The molecule has 3 rings (SSSR count). The standard InChI is InChI=1S/C22H30N4O2.HI/c1-17-7-8-20(27-3)19(14-17)22(9-12-28-13-10-22)16-26-21(23-2)25-15-18-6-4-5-11-24-18;/h4-8,11,14H,9-10,12-13,15-16H2,1-3H3,(H2,23,25,26);1H. The molecular weight excluding hydrogens is 479 g/mol. The van der Waals surface area contributed by atoms with E-state index in [9.17, 15) is 0 Å². The quantitative estimate of drug-likeness (QED) is 0.354. The lowest BCUT2D eigenvalue weighted by atomic mass is 9.73. The van der Waals surface area contributed by atoms with Gasteiger partial charge >= 0.3 is 0 Å². The minimum Gasteiger partial charge on any atom is -0.496 e. The Morgan fingerprint density at radius 3 is 2.66 bits per heavy atom. The van der Waals surface area contributed by atoms with E-state index in [0.29, 0.717) is 6.54 Å². The van der Waals surface area contributed by atoms with Crippen molar-refractivity contribution in [2.24, 2.45) is 4.99 Å². The first-order valence-corrected chi connectivity index (χ1v) is 9.74. The van der Waals surface area contributed by atoms with Crippen LogP contribution < -0.4 is 15.4 Å². The molecule has 2 aromatic rings. The predicted molar refractivity (Wildman–Crippen MR) is 127 cm³/mol. The van der Waals surface area contributed by atoms with E-state index in [-0.39, 0.29) is 29.4 Å². The molecule has 1 aromatic carbocycles. The first kappa shape index (κ1) is 23.4. The highest BCUT2D eigenvalue weighted by molar-refractivity contribution is 14.0. The number of ether oxygens (including phenoxy) is 2. The van der Waals surface area contributed by atoms with E-state index in [0.717, 1.165) is 50.0 Å². The second-order valence-corrected chi connectivity index (χ2v) is 7.20. The number of aryl methyl sites for hydroxylation is 1. The molecule has 2 N–H and O–H groups in total. The average Bonchev–Trinajstić information content (AvgIpc) is 2.75. The van der Waals surface area contributed by atoms with Crippen molar-refractivity contribution in [2.75, 3.05) is 33.9 Å². The molecule has 0 aliphatic carbocycles. The Balaban J connectivity index is 0.00000300. The Morgan fingerprint density at radius 1 is 1.21 bits per heavy atom. The second-order valence-electron chi connectivity index (χ2n) is 7.20. The van der Waals surface area contributed by atoms with Crippen molar-refractivity contribution in [1.29, 1.82) is 0 Å². The zero-order valence-corrected chi connectivity index (χ0v) is 19.7.